The lowest BCUT2D eigenvalue weighted by atomic mass is 10.0. The zero-order chi connectivity index (χ0) is 27.7. The maximum Gasteiger partial charge on any atom is 0.408 e. The van der Waals surface area contributed by atoms with Crippen molar-refractivity contribution in [3.63, 3.8) is 0 Å². The maximum absolute atomic E-state index is 13.7. The quantitative estimate of drug-likeness (QED) is 0.365. The van der Waals surface area contributed by atoms with E-state index in [0.29, 0.717) is 5.75 Å². The Morgan fingerprint density at radius 2 is 1.92 bits per heavy atom. The molecule has 1 saturated heterocycles. The first-order valence-electron chi connectivity index (χ1n) is 12.6. The lowest BCUT2D eigenvalue weighted by Gasteiger charge is -2.31. The zero-order valence-corrected chi connectivity index (χ0v) is 22.7. The number of alkyl carbamates (subject to hydrolysis) is 1. The van der Waals surface area contributed by atoms with Crippen LogP contribution in [0.3, 0.4) is 0 Å². The Balaban J connectivity index is 1.84. The predicted octanol–water partition coefficient (Wildman–Crippen LogP) is 2.75. The largest absolute Gasteiger partial charge is 0.497 e. The van der Waals surface area contributed by atoms with Gasteiger partial charge in [0.05, 0.1) is 30.8 Å². The second-order valence-electron chi connectivity index (χ2n) is 9.37. The van der Waals surface area contributed by atoms with Crippen molar-refractivity contribution in [2.45, 2.75) is 56.3 Å². The number of sulfonamides is 1. The number of benzene rings is 2. The van der Waals surface area contributed by atoms with Crippen molar-refractivity contribution in [2.24, 2.45) is 5.92 Å². The van der Waals surface area contributed by atoms with Gasteiger partial charge in [0, 0.05) is 25.6 Å². The van der Waals surface area contributed by atoms with Crippen LogP contribution >= 0.6 is 0 Å². The van der Waals surface area contributed by atoms with E-state index in [4.69, 9.17) is 14.2 Å². The molecule has 2 N–H and O–H groups in total. The number of nitrogens with zero attached hydrogens (tertiary/aromatic N) is 1. The van der Waals surface area contributed by atoms with E-state index >= 15 is 0 Å². The fourth-order valence-corrected chi connectivity index (χ4v) is 5.66. The summed E-state index contributed by atoms with van der Waals surface area (Å²) in [6.45, 7) is 3.95. The molecule has 10 nitrogen and oxygen atoms in total. The molecule has 0 radical (unpaired) electrons. The van der Waals surface area contributed by atoms with Gasteiger partial charge >= 0.3 is 12.1 Å². The summed E-state index contributed by atoms with van der Waals surface area (Å²) < 4.78 is 43.8. The Kier molecular flexibility index (Phi) is 10.5. The number of esters is 1. The molecule has 1 amide bonds. The highest BCUT2D eigenvalue weighted by Gasteiger charge is 2.34. The van der Waals surface area contributed by atoms with Gasteiger partial charge in [-0.15, -0.1) is 0 Å². The summed E-state index contributed by atoms with van der Waals surface area (Å²) in [5.74, 6) is -0.210. The van der Waals surface area contributed by atoms with Gasteiger partial charge in [-0.1, -0.05) is 56.7 Å². The highest BCUT2D eigenvalue weighted by molar-refractivity contribution is 7.89. The fourth-order valence-electron chi connectivity index (χ4n) is 4.04. The molecule has 3 unspecified atom stereocenters. The van der Waals surface area contributed by atoms with Gasteiger partial charge in [0.2, 0.25) is 16.1 Å². The molecule has 3 rings (SSSR count). The summed E-state index contributed by atoms with van der Waals surface area (Å²) >= 11 is 0. The van der Waals surface area contributed by atoms with Crippen LogP contribution in [0.2, 0.25) is 0 Å². The number of cyclic esters (lactones) is 1. The van der Waals surface area contributed by atoms with Gasteiger partial charge in [0.25, 0.3) is 0 Å². The molecule has 1 fully saturated rings. The van der Waals surface area contributed by atoms with E-state index < -0.39 is 40.3 Å². The smallest absolute Gasteiger partial charge is 0.408 e. The SMILES string of the molecule is CC[C@@H](C)CN(CC(O)C(Cc1ccccc1)NC(=O)OC1CCOC1=O)S(=O)(=O)c1cccc(OC)c1. The molecule has 1 aliphatic rings. The molecule has 0 aromatic heterocycles. The van der Waals surface area contributed by atoms with Crippen molar-refractivity contribution < 1.29 is 37.3 Å². The number of hydrogen-bond donors (Lipinski definition) is 2. The highest BCUT2D eigenvalue weighted by Crippen LogP contribution is 2.23. The van der Waals surface area contributed by atoms with Gasteiger partial charge in [0.1, 0.15) is 5.75 Å². The van der Waals surface area contributed by atoms with E-state index in [1.807, 2.05) is 44.2 Å². The van der Waals surface area contributed by atoms with Crippen molar-refractivity contribution in [1.82, 2.24) is 9.62 Å². The van der Waals surface area contributed by atoms with Crippen LogP contribution in [0.5, 0.6) is 5.75 Å². The van der Waals surface area contributed by atoms with Crippen molar-refractivity contribution in [3.8, 4) is 5.75 Å². The van der Waals surface area contributed by atoms with Crippen LogP contribution in [0.25, 0.3) is 0 Å². The predicted molar refractivity (Wildman–Crippen MR) is 140 cm³/mol. The average Bonchev–Trinajstić information content (AvgIpc) is 3.32. The first kappa shape index (κ1) is 29.4. The number of amides is 1. The molecule has 1 heterocycles. The molecule has 0 spiro atoms. The molecular weight excluding hydrogens is 512 g/mol. The van der Waals surface area contributed by atoms with Crippen LogP contribution in [-0.2, 0) is 30.7 Å². The van der Waals surface area contributed by atoms with Crippen LogP contribution < -0.4 is 10.1 Å². The van der Waals surface area contributed by atoms with Crippen molar-refractivity contribution in [2.75, 3.05) is 26.8 Å². The summed E-state index contributed by atoms with van der Waals surface area (Å²) in [5, 5.41) is 13.9. The first-order chi connectivity index (χ1) is 18.1. The van der Waals surface area contributed by atoms with Gasteiger partial charge < -0.3 is 24.6 Å². The van der Waals surface area contributed by atoms with Crippen LogP contribution in [0.1, 0.15) is 32.3 Å². The number of rotatable bonds is 13. The number of carbonyl (C=O) groups excluding carboxylic acids is 2. The Morgan fingerprint density at radius 1 is 1.18 bits per heavy atom. The molecule has 0 bridgehead atoms. The van der Waals surface area contributed by atoms with Gasteiger partial charge in [0.15, 0.2) is 0 Å². The van der Waals surface area contributed by atoms with Gasteiger partial charge in [-0.3, -0.25) is 0 Å². The summed E-state index contributed by atoms with van der Waals surface area (Å²) in [6, 6.07) is 14.4. The average molecular weight is 549 g/mol. The molecule has 4 atom stereocenters. The Morgan fingerprint density at radius 3 is 2.55 bits per heavy atom. The topological polar surface area (TPSA) is 131 Å². The molecule has 2 aromatic rings. The standard InChI is InChI=1S/C27H36N2O8S/c1-4-19(2)17-29(38(33,34)22-12-8-11-21(16-22)35-3)18-24(30)23(15-20-9-6-5-7-10-20)28-27(32)37-25-13-14-36-26(25)31/h5-12,16,19,23-25,30H,4,13-15,17-18H2,1-3H3,(H,28,32)/t19-,23?,24?,25?/m1/s1. The minimum absolute atomic E-state index is 0.0152. The number of aliphatic hydroxyl groups is 1. The maximum atomic E-state index is 13.7. The van der Waals surface area contributed by atoms with E-state index in [2.05, 4.69) is 5.32 Å². The molecule has 0 aliphatic carbocycles. The Labute approximate surface area is 223 Å². The van der Waals surface area contributed by atoms with Crippen molar-refractivity contribution in [1.29, 1.82) is 0 Å². The van der Waals surface area contributed by atoms with Crippen LogP contribution in [0.4, 0.5) is 4.79 Å². The van der Waals surface area contributed by atoms with Crippen LogP contribution in [-0.4, -0.2) is 74.9 Å². The van der Waals surface area contributed by atoms with E-state index in [1.54, 1.807) is 12.1 Å². The molecule has 38 heavy (non-hydrogen) atoms. The summed E-state index contributed by atoms with van der Waals surface area (Å²) in [5.41, 5.74) is 0.821. The van der Waals surface area contributed by atoms with E-state index in [-0.39, 0.29) is 43.4 Å². The molecule has 0 saturated carbocycles. The van der Waals surface area contributed by atoms with Gasteiger partial charge in [-0.2, -0.15) is 4.31 Å². The molecule has 1 aliphatic heterocycles. The van der Waals surface area contributed by atoms with E-state index in [9.17, 15) is 23.1 Å². The molecular formula is C27H36N2O8S. The van der Waals surface area contributed by atoms with E-state index in [1.165, 1.54) is 23.5 Å². The van der Waals surface area contributed by atoms with Crippen molar-refractivity contribution >= 4 is 22.1 Å². The normalized spacial score (nSPS) is 17.9. The van der Waals surface area contributed by atoms with Crippen LogP contribution in [0.15, 0.2) is 59.5 Å². The lowest BCUT2D eigenvalue weighted by molar-refractivity contribution is -0.144. The molecule has 2 aromatic carbocycles. The number of methoxy groups -OCH3 is 1. The number of ether oxygens (including phenoxy) is 3. The molecule has 11 heteroatoms. The second-order valence-corrected chi connectivity index (χ2v) is 11.3. The Bertz CT molecular complexity index is 1170. The number of hydrogen-bond acceptors (Lipinski definition) is 8. The highest BCUT2D eigenvalue weighted by atomic mass is 32.2. The number of aliphatic hydroxyl groups excluding tert-OH is 1. The third-order valence-electron chi connectivity index (χ3n) is 6.48. The zero-order valence-electron chi connectivity index (χ0n) is 21.9. The second kappa shape index (κ2) is 13.6. The Hall–Kier alpha value is -3.15. The fraction of sp³-hybridized carbons (Fsp3) is 0.481. The van der Waals surface area contributed by atoms with E-state index in [0.717, 1.165) is 12.0 Å². The monoisotopic (exact) mass is 548 g/mol. The van der Waals surface area contributed by atoms with Crippen LogP contribution in [0, 0.1) is 5.92 Å². The summed E-state index contributed by atoms with van der Waals surface area (Å²) in [7, 11) is -2.55. The number of nitrogens with one attached hydrogen (secondary N) is 1. The third-order valence-corrected chi connectivity index (χ3v) is 8.31. The minimum atomic E-state index is -4.01. The third kappa shape index (κ3) is 7.92. The first-order valence-corrected chi connectivity index (χ1v) is 14.1. The summed E-state index contributed by atoms with van der Waals surface area (Å²) in [4.78, 5) is 24.4. The van der Waals surface area contributed by atoms with Gasteiger partial charge in [-0.25, -0.2) is 18.0 Å². The molecule has 208 valence electrons. The minimum Gasteiger partial charge on any atom is -0.497 e. The lowest BCUT2D eigenvalue weighted by Crippen LogP contribution is -2.51. The summed E-state index contributed by atoms with van der Waals surface area (Å²) in [6.07, 6.45) is -2.00. The van der Waals surface area contributed by atoms with Gasteiger partial charge in [-0.05, 0) is 30.0 Å². The number of carbonyl (C=O) groups is 2. The van der Waals surface area contributed by atoms with Crippen molar-refractivity contribution in [3.05, 3.63) is 60.2 Å².